The summed E-state index contributed by atoms with van der Waals surface area (Å²) in [5.41, 5.74) is 7.03. The Morgan fingerprint density at radius 3 is 2.75 bits per heavy atom. The molecule has 7 heteroatoms. The largest absolute Gasteiger partial charge is 0.398 e. The number of pyridine rings is 1. The van der Waals surface area contributed by atoms with Crippen molar-refractivity contribution in [2.24, 2.45) is 0 Å². The first-order valence-corrected chi connectivity index (χ1v) is 6.44. The maximum Gasteiger partial charge on any atom is 0.260 e. The number of hydrogen-bond acceptors (Lipinski definition) is 5. The molecule has 0 saturated carbocycles. The Labute approximate surface area is 121 Å². The monoisotopic (exact) mass is 334 g/mol. The molecule has 0 spiro atoms. The molecule has 2 aromatic heterocycles. The maximum absolute atomic E-state index is 13.0. The zero-order valence-electron chi connectivity index (χ0n) is 10.0. The molecule has 0 fully saturated rings. The van der Waals surface area contributed by atoms with E-state index < -0.39 is 5.82 Å². The van der Waals surface area contributed by atoms with Crippen LogP contribution in [0.1, 0.15) is 0 Å². The Hall–Kier alpha value is -2.28. The van der Waals surface area contributed by atoms with Gasteiger partial charge in [0.25, 0.3) is 5.89 Å². The zero-order valence-corrected chi connectivity index (χ0v) is 11.6. The highest BCUT2D eigenvalue weighted by atomic mass is 79.9. The lowest BCUT2D eigenvalue weighted by Gasteiger charge is -1.99. The van der Waals surface area contributed by atoms with Crippen LogP contribution in [-0.4, -0.2) is 15.1 Å². The van der Waals surface area contributed by atoms with Gasteiger partial charge in [-0.1, -0.05) is 5.16 Å². The number of anilines is 1. The second-order valence-corrected chi connectivity index (χ2v) is 4.93. The van der Waals surface area contributed by atoms with Crippen LogP contribution < -0.4 is 5.73 Å². The third kappa shape index (κ3) is 2.39. The van der Waals surface area contributed by atoms with Crippen molar-refractivity contribution in [2.75, 3.05) is 5.73 Å². The van der Waals surface area contributed by atoms with Gasteiger partial charge in [0.15, 0.2) is 0 Å². The van der Waals surface area contributed by atoms with Gasteiger partial charge in [-0.3, -0.25) is 4.98 Å². The summed E-state index contributed by atoms with van der Waals surface area (Å²) in [6, 6.07) is 7.57. The lowest BCUT2D eigenvalue weighted by Crippen LogP contribution is -1.91. The summed E-state index contributed by atoms with van der Waals surface area (Å²) >= 11 is 3.30. The quantitative estimate of drug-likeness (QED) is 0.727. The molecule has 0 saturated heterocycles. The summed E-state index contributed by atoms with van der Waals surface area (Å²) in [6.07, 6.45) is 1.64. The summed E-state index contributed by atoms with van der Waals surface area (Å²) in [6.45, 7) is 0. The smallest absolute Gasteiger partial charge is 0.260 e. The predicted molar refractivity (Wildman–Crippen MR) is 75.0 cm³/mol. The molecule has 20 heavy (non-hydrogen) atoms. The third-order valence-electron chi connectivity index (χ3n) is 2.63. The number of halogens is 2. The van der Waals surface area contributed by atoms with Crippen LogP contribution in [0.25, 0.3) is 23.0 Å². The molecule has 0 radical (unpaired) electrons. The van der Waals surface area contributed by atoms with Crippen LogP contribution in [0.5, 0.6) is 0 Å². The van der Waals surface area contributed by atoms with E-state index in [0.717, 1.165) is 4.47 Å². The van der Waals surface area contributed by atoms with Crippen molar-refractivity contribution < 1.29 is 8.91 Å². The average molecular weight is 335 g/mol. The van der Waals surface area contributed by atoms with Gasteiger partial charge in [-0.2, -0.15) is 4.98 Å². The van der Waals surface area contributed by atoms with Gasteiger partial charge in [0, 0.05) is 16.4 Å². The van der Waals surface area contributed by atoms with Crippen LogP contribution in [-0.2, 0) is 0 Å². The minimum Gasteiger partial charge on any atom is -0.398 e. The van der Waals surface area contributed by atoms with E-state index in [0.29, 0.717) is 17.1 Å². The average Bonchev–Trinajstić information content (AvgIpc) is 2.89. The van der Waals surface area contributed by atoms with E-state index in [9.17, 15) is 4.39 Å². The van der Waals surface area contributed by atoms with Gasteiger partial charge in [-0.05, 0) is 46.3 Å². The molecule has 3 aromatic rings. The second-order valence-electron chi connectivity index (χ2n) is 4.02. The maximum atomic E-state index is 13.0. The molecule has 0 bridgehead atoms. The number of nitrogens with zero attached hydrogens (tertiary/aromatic N) is 3. The topological polar surface area (TPSA) is 77.8 Å². The fourth-order valence-electron chi connectivity index (χ4n) is 1.67. The highest BCUT2D eigenvalue weighted by molar-refractivity contribution is 9.10. The van der Waals surface area contributed by atoms with Crippen molar-refractivity contribution >= 4 is 21.6 Å². The van der Waals surface area contributed by atoms with E-state index in [1.165, 1.54) is 18.2 Å². The normalized spacial score (nSPS) is 10.7. The molecule has 1 aromatic carbocycles. The first kappa shape index (κ1) is 12.7. The first-order valence-electron chi connectivity index (χ1n) is 5.64. The Kier molecular flexibility index (Phi) is 3.19. The standard InChI is InChI=1S/C13H8BrFN4O/c14-7-1-4-11(17-6-7)12-18-13(20-19-12)9-3-2-8(15)5-10(9)16/h1-6H,16H2. The Morgan fingerprint density at radius 2 is 2.05 bits per heavy atom. The van der Waals surface area contributed by atoms with Crippen LogP contribution in [0, 0.1) is 5.82 Å². The van der Waals surface area contributed by atoms with Gasteiger partial charge in [-0.25, -0.2) is 4.39 Å². The van der Waals surface area contributed by atoms with Crippen molar-refractivity contribution in [1.82, 2.24) is 15.1 Å². The number of nitrogen functional groups attached to an aromatic ring is 1. The molecular weight excluding hydrogens is 327 g/mol. The van der Waals surface area contributed by atoms with Crippen molar-refractivity contribution in [1.29, 1.82) is 0 Å². The van der Waals surface area contributed by atoms with Crippen LogP contribution in [0.15, 0.2) is 45.5 Å². The number of rotatable bonds is 2. The summed E-state index contributed by atoms with van der Waals surface area (Å²) in [5, 5.41) is 3.84. The van der Waals surface area contributed by atoms with Gasteiger partial charge >= 0.3 is 0 Å². The predicted octanol–water partition coefficient (Wildman–Crippen LogP) is 3.28. The van der Waals surface area contributed by atoms with E-state index in [2.05, 4.69) is 31.1 Å². The molecule has 0 aliphatic heterocycles. The SMILES string of the molecule is Nc1cc(F)ccc1-c1nc(-c2ccc(Br)cn2)no1. The number of nitrogens with two attached hydrogens (primary N) is 1. The Balaban J connectivity index is 1.99. The number of benzene rings is 1. The van der Waals surface area contributed by atoms with Crippen LogP contribution in [0.2, 0.25) is 0 Å². The number of aromatic nitrogens is 3. The van der Waals surface area contributed by atoms with Gasteiger partial charge < -0.3 is 10.3 Å². The fraction of sp³-hybridized carbons (Fsp3) is 0. The van der Waals surface area contributed by atoms with Crippen molar-refractivity contribution in [3.8, 4) is 23.0 Å². The Morgan fingerprint density at radius 1 is 1.20 bits per heavy atom. The molecular formula is C13H8BrFN4O. The van der Waals surface area contributed by atoms with E-state index in [1.807, 2.05) is 6.07 Å². The van der Waals surface area contributed by atoms with Crippen LogP contribution in [0.3, 0.4) is 0 Å². The van der Waals surface area contributed by atoms with E-state index in [-0.39, 0.29) is 11.6 Å². The first-order chi connectivity index (χ1) is 9.63. The van der Waals surface area contributed by atoms with E-state index in [1.54, 1.807) is 12.3 Å². The summed E-state index contributed by atoms with van der Waals surface area (Å²) in [4.78, 5) is 8.38. The molecule has 5 nitrogen and oxygen atoms in total. The van der Waals surface area contributed by atoms with Gasteiger partial charge in [0.05, 0.1) is 5.56 Å². The second kappa shape index (κ2) is 5.01. The molecule has 0 amide bonds. The molecule has 2 N–H and O–H groups in total. The molecule has 0 atom stereocenters. The van der Waals surface area contributed by atoms with Crippen molar-refractivity contribution in [2.45, 2.75) is 0 Å². The summed E-state index contributed by atoms with van der Waals surface area (Å²) in [5.74, 6) is 0.152. The molecule has 0 aliphatic carbocycles. The molecule has 0 aliphatic rings. The molecule has 2 heterocycles. The van der Waals surface area contributed by atoms with Crippen molar-refractivity contribution in [3.05, 3.63) is 46.8 Å². The molecule has 3 rings (SSSR count). The van der Waals surface area contributed by atoms with Gasteiger partial charge in [0.1, 0.15) is 11.5 Å². The molecule has 100 valence electrons. The van der Waals surface area contributed by atoms with Gasteiger partial charge in [-0.15, -0.1) is 0 Å². The highest BCUT2D eigenvalue weighted by Crippen LogP contribution is 2.26. The fourth-order valence-corrected chi connectivity index (χ4v) is 1.91. The van der Waals surface area contributed by atoms with Crippen LogP contribution in [0.4, 0.5) is 10.1 Å². The highest BCUT2D eigenvalue weighted by Gasteiger charge is 2.14. The van der Waals surface area contributed by atoms with E-state index in [4.69, 9.17) is 10.3 Å². The van der Waals surface area contributed by atoms with Gasteiger partial charge in [0.2, 0.25) is 5.82 Å². The minimum absolute atomic E-state index is 0.224. The minimum atomic E-state index is -0.416. The lowest BCUT2D eigenvalue weighted by atomic mass is 10.2. The molecule has 0 unspecified atom stereocenters. The zero-order chi connectivity index (χ0) is 14.1. The lowest BCUT2D eigenvalue weighted by molar-refractivity contribution is 0.432. The van der Waals surface area contributed by atoms with Crippen molar-refractivity contribution in [3.63, 3.8) is 0 Å². The number of hydrogen-bond donors (Lipinski definition) is 1. The summed E-state index contributed by atoms with van der Waals surface area (Å²) in [7, 11) is 0. The summed E-state index contributed by atoms with van der Waals surface area (Å²) < 4.78 is 19.0. The Bertz CT molecular complexity index is 757. The van der Waals surface area contributed by atoms with Crippen LogP contribution >= 0.6 is 15.9 Å². The van der Waals surface area contributed by atoms with E-state index >= 15 is 0 Å². The third-order valence-corrected chi connectivity index (χ3v) is 3.10.